The third kappa shape index (κ3) is 3.91. The van der Waals surface area contributed by atoms with Crippen LogP contribution in [-0.2, 0) is 18.3 Å². The Morgan fingerprint density at radius 3 is 2.66 bits per heavy atom. The van der Waals surface area contributed by atoms with Crippen LogP contribution in [0.4, 0.5) is 10.2 Å². The van der Waals surface area contributed by atoms with Gasteiger partial charge in [0, 0.05) is 32.1 Å². The van der Waals surface area contributed by atoms with Crippen molar-refractivity contribution in [2.24, 2.45) is 7.05 Å². The molecule has 3 heterocycles. The maximum Gasteiger partial charge on any atom is 0.267 e. The number of carbonyl (C=O) groups is 2. The van der Waals surface area contributed by atoms with E-state index >= 15 is 0 Å². The Hall–Kier alpha value is -3.82. The number of nitrogens with one attached hydrogen (secondary N) is 1. The highest BCUT2D eigenvalue weighted by Gasteiger charge is 2.31. The average Bonchev–Trinajstić information content (AvgIpc) is 3.20. The van der Waals surface area contributed by atoms with Crippen LogP contribution in [0.1, 0.15) is 32.7 Å². The number of halogens is 1. The van der Waals surface area contributed by atoms with Crippen LogP contribution >= 0.6 is 0 Å². The number of amides is 2. The van der Waals surface area contributed by atoms with Crippen molar-refractivity contribution in [1.82, 2.24) is 24.6 Å². The summed E-state index contributed by atoms with van der Waals surface area (Å²) in [6.45, 7) is 3.94. The van der Waals surface area contributed by atoms with E-state index in [9.17, 15) is 18.8 Å². The van der Waals surface area contributed by atoms with Gasteiger partial charge >= 0.3 is 0 Å². The van der Waals surface area contributed by atoms with Gasteiger partial charge in [0.25, 0.3) is 11.5 Å². The normalized spacial score (nSPS) is 14.2. The van der Waals surface area contributed by atoms with Crippen molar-refractivity contribution in [2.45, 2.75) is 20.3 Å². The molecule has 1 saturated heterocycles. The second-order valence-corrected chi connectivity index (χ2v) is 7.88. The molecule has 0 unspecified atom stereocenters. The van der Waals surface area contributed by atoms with Crippen LogP contribution in [0.15, 0.2) is 35.5 Å². The molecule has 9 nitrogen and oxygen atoms in total. The van der Waals surface area contributed by atoms with Gasteiger partial charge in [0.15, 0.2) is 0 Å². The van der Waals surface area contributed by atoms with Gasteiger partial charge < -0.3 is 9.47 Å². The standard InChI is InChI=1S/C22H23FN6O3/c1-13-14(2)21(31)26-25-18(13)9-15-4-5-17(23)16(8-15)22(32)28-6-7-29(20(30)11-28)19-10-24-12-27(19)3/h4-5,8,10,12H,6-7,9,11H2,1-3H3,(H,26,31). The van der Waals surface area contributed by atoms with E-state index in [0.29, 0.717) is 35.6 Å². The molecule has 1 aliphatic rings. The summed E-state index contributed by atoms with van der Waals surface area (Å²) < 4.78 is 16.3. The Labute approximate surface area is 183 Å². The van der Waals surface area contributed by atoms with Gasteiger partial charge in [-0.3, -0.25) is 19.3 Å². The zero-order chi connectivity index (χ0) is 23.0. The molecular weight excluding hydrogens is 415 g/mol. The van der Waals surface area contributed by atoms with Gasteiger partial charge in [-0.2, -0.15) is 5.10 Å². The quantitative estimate of drug-likeness (QED) is 0.662. The third-order valence-corrected chi connectivity index (χ3v) is 5.84. The van der Waals surface area contributed by atoms with Crippen molar-refractivity contribution < 1.29 is 14.0 Å². The van der Waals surface area contributed by atoms with Crippen molar-refractivity contribution >= 4 is 17.6 Å². The molecule has 166 valence electrons. The smallest absolute Gasteiger partial charge is 0.267 e. The molecule has 4 rings (SSSR count). The molecule has 1 aliphatic heterocycles. The number of nitrogens with zero attached hydrogens (tertiary/aromatic N) is 5. The number of hydrogen-bond donors (Lipinski definition) is 1. The van der Waals surface area contributed by atoms with Crippen LogP contribution in [-0.4, -0.2) is 56.1 Å². The Morgan fingerprint density at radius 1 is 1.19 bits per heavy atom. The number of aryl methyl sites for hydroxylation is 1. The summed E-state index contributed by atoms with van der Waals surface area (Å²) in [4.78, 5) is 44.3. The molecule has 32 heavy (non-hydrogen) atoms. The summed E-state index contributed by atoms with van der Waals surface area (Å²) in [5.41, 5.74) is 2.30. The Kier molecular flexibility index (Phi) is 5.60. The summed E-state index contributed by atoms with van der Waals surface area (Å²) in [7, 11) is 1.79. The highest BCUT2D eigenvalue weighted by atomic mass is 19.1. The number of hydrogen-bond acceptors (Lipinski definition) is 5. The Bertz CT molecular complexity index is 1260. The zero-order valence-electron chi connectivity index (χ0n) is 18.1. The molecule has 0 atom stereocenters. The minimum Gasteiger partial charge on any atom is -0.327 e. The number of anilines is 1. The van der Waals surface area contributed by atoms with Crippen LogP contribution in [0.2, 0.25) is 0 Å². The second kappa shape index (κ2) is 8.37. The topological polar surface area (TPSA) is 104 Å². The summed E-state index contributed by atoms with van der Waals surface area (Å²) >= 11 is 0. The predicted octanol–water partition coefficient (Wildman–Crippen LogP) is 1.34. The lowest BCUT2D eigenvalue weighted by molar-refractivity contribution is -0.120. The fourth-order valence-corrected chi connectivity index (χ4v) is 3.75. The molecular formula is C22H23FN6O3. The summed E-state index contributed by atoms with van der Waals surface area (Å²) in [6, 6.07) is 4.31. The van der Waals surface area contributed by atoms with Crippen molar-refractivity contribution in [1.29, 1.82) is 0 Å². The van der Waals surface area contributed by atoms with Crippen LogP contribution in [0, 0.1) is 19.7 Å². The number of imidazole rings is 1. The minimum absolute atomic E-state index is 0.0944. The van der Waals surface area contributed by atoms with Gasteiger partial charge in [-0.05, 0) is 37.1 Å². The van der Waals surface area contributed by atoms with Crippen LogP contribution in [0.5, 0.6) is 0 Å². The van der Waals surface area contributed by atoms with E-state index in [0.717, 1.165) is 5.56 Å². The molecule has 0 bridgehead atoms. The molecule has 1 N–H and O–H groups in total. The molecule has 2 aromatic heterocycles. The predicted molar refractivity (Wildman–Crippen MR) is 115 cm³/mol. The Morgan fingerprint density at radius 2 is 1.97 bits per heavy atom. The molecule has 1 fully saturated rings. The highest BCUT2D eigenvalue weighted by Crippen LogP contribution is 2.20. The van der Waals surface area contributed by atoms with E-state index in [-0.39, 0.29) is 30.1 Å². The molecule has 0 spiro atoms. The lowest BCUT2D eigenvalue weighted by atomic mass is 10.0. The first kappa shape index (κ1) is 21.4. The van der Waals surface area contributed by atoms with Gasteiger partial charge in [0.1, 0.15) is 18.2 Å². The fourth-order valence-electron chi connectivity index (χ4n) is 3.75. The SMILES string of the molecule is Cc1c(Cc2ccc(F)c(C(=O)N3CCN(c4cncn4C)C(=O)C3)c2)n[nH]c(=O)c1C. The molecule has 2 amide bonds. The average molecular weight is 438 g/mol. The molecule has 0 aliphatic carbocycles. The number of benzene rings is 1. The summed E-state index contributed by atoms with van der Waals surface area (Å²) in [5, 5.41) is 6.54. The summed E-state index contributed by atoms with van der Waals surface area (Å²) in [6.07, 6.45) is 3.52. The van der Waals surface area contributed by atoms with Gasteiger partial charge in [0.2, 0.25) is 5.91 Å². The van der Waals surface area contributed by atoms with E-state index in [4.69, 9.17) is 0 Å². The van der Waals surface area contributed by atoms with Crippen LogP contribution in [0.3, 0.4) is 0 Å². The molecule has 3 aromatic rings. The maximum absolute atomic E-state index is 14.5. The first-order valence-corrected chi connectivity index (χ1v) is 10.2. The van der Waals surface area contributed by atoms with E-state index in [1.165, 1.54) is 17.0 Å². The molecule has 0 radical (unpaired) electrons. The number of piperazine rings is 1. The third-order valence-electron chi connectivity index (χ3n) is 5.84. The molecule has 10 heteroatoms. The van der Waals surface area contributed by atoms with Gasteiger partial charge in [-0.1, -0.05) is 6.07 Å². The first-order chi connectivity index (χ1) is 15.3. The van der Waals surface area contributed by atoms with Crippen LogP contribution in [0.25, 0.3) is 0 Å². The van der Waals surface area contributed by atoms with E-state index in [1.54, 1.807) is 49.0 Å². The monoisotopic (exact) mass is 438 g/mol. The van der Waals surface area contributed by atoms with Crippen molar-refractivity contribution in [3.8, 4) is 0 Å². The number of aromatic nitrogens is 4. The van der Waals surface area contributed by atoms with Crippen molar-refractivity contribution in [2.75, 3.05) is 24.5 Å². The fraction of sp³-hybridized carbons (Fsp3) is 0.318. The Balaban J connectivity index is 1.53. The molecule has 1 aromatic carbocycles. The van der Waals surface area contributed by atoms with Gasteiger partial charge in [-0.25, -0.2) is 14.5 Å². The number of aromatic amines is 1. The number of carbonyl (C=O) groups excluding carboxylic acids is 2. The van der Waals surface area contributed by atoms with E-state index in [1.807, 2.05) is 0 Å². The number of rotatable bonds is 4. The zero-order valence-corrected chi connectivity index (χ0v) is 18.1. The van der Waals surface area contributed by atoms with Crippen LogP contribution < -0.4 is 10.5 Å². The lowest BCUT2D eigenvalue weighted by Crippen LogP contribution is -2.53. The highest BCUT2D eigenvalue weighted by molar-refractivity contribution is 6.01. The lowest BCUT2D eigenvalue weighted by Gasteiger charge is -2.34. The second-order valence-electron chi connectivity index (χ2n) is 7.88. The van der Waals surface area contributed by atoms with E-state index in [2.05, 4.69) is 15.2 Å². The van der Waals surface area contributed by atoms with Gasteiger partial charge in [-0.15, -0.1) is 0 Å². The maximum atomic E-state index is 14.5. The van der Waals surface area contributed by atoms with Crippen molar-refractivity contribution in [3.63, 3.8) is 0 Å². The minimum atomic E-state index is -0.650. The van der Waals surface area contributed by atoms with E-state index < -0.39 is 11.7 Å². The van der Waals surface area contributed by atoms with Crippen molar-refractivity contribution in [3.05, 3.63) is 74.8 Å². The largest absolute Gasteiger partial charge is 0.327 e. The first-order valence-electron chi connectivity index (χ1n) is 10.2. The summed E-state index contributed by atoms with van der Waals surface area (Å²) in [5.74, 6) is -0.796. The van der Waals surface area contributed by atoms with Gasteiger partial charge in [0.05, 0.1) is 23.8 Å². The number of H-pyrrole nitrogens is 1. The molecule has 0 saturated carbocycles.